The molecule has 4 rings (SSSR count). The third kappa shape index (κ3) is 4.44. The average Bonchev–Trinajstić information content (AvgIpc) is 3.14. The summed E-state index contributed by atoms with van der Waals surface area (Å²) < 4.78 is 28.7. The number of carbonyl (C=O) groups is 1. The first-order chi connectivity index (χ1) is 14.8. The van der Waals surface area contributed by atoms with Crippen LogP contribution in [0, 0.1) is 12.8 Å². The molecule has 0 bridgehead atoms. The van der Waals surface area contributed by atoms with Crippen LogP contribution in [0.25, 0.3) is 0 Å². The van der Waals surface area contributed by atoms with Crippen molar-refractivity contribution in [2.75, 3.05) is 13.1 Å². The zero-order chi connectivity index (χ0) is 22.2. The molecule has 6 nitrogen and oxygen atoms in total. The molecule has 1 atom stereocenters. The Morgan fingerprint density at radius 1 is 1.19 bits per heavy atom. The number of halogens is 1. The first kappa shape index (κ1) is 21.7. The van der Waals surface area contributed by atoms with Gasteiger partial charge in [-0.3, -0.25) is 4.79 Å². The molecule has 1 aliphatic rings. The maximum absolute atomic E-state index is 13.1. The van der Waals surface area contributed by atoms with E-state index >= 15 is 0 Å². The molecule has 1 aliphatic heterocycles. The van der Waals surface area contributed by atoms with E-state index in [9.17, 15) is 13.2 Å². The molecule has 0 aliphatic carbocycles. The van der Waals surface area contributed by atoms with Crippen molar-refractivity contribution in [1.29, 1.82) is 0 Å². The summed E-state index contributed by atoms with van der Waals surface area (Å²) in [5.74, 6) is -0.0970. The number of hydrogen-bond donors (Lipinski definition) is 0. The van der Waals surface area contributed by atoms with E-state index in [2.05, 4.69) is 4.98 Å². The van der Waals surface area contributed by atoms with Crippen LogP contribution in [0.3, 0.4) is 0 Å². The minimum Gasteiger partial charge on any atom is -0.339 e. The van der Waals surface area contributed by atoms with Crippen molar-refractivity contribution in [2.24, 2.45) is 13.0 Å². The molecule has 2 heterocycles. The smallest absolute Gasteiger partial charge is 0.262 e. The maximum atomic E-state index is 13.1. The molecule has 1 saturated heterocycles. The number of aryl methyl sites for hydroxylation is 2. The Labute approximate surface area is 187 Å². The monoisotopic (exact) mass is 457 g/mol. The van der Waals surface area contributed by atoms with Gasteiger partial charge in [0, 0.05) is 38.3 Å². The van der Waals surface area contributed by atoms with Gasteiger partial charge in [-0.2, -0.15) is 4.31 Å². The lowest BCUT2D eigenvalue weighted by atomic mass is 9.78. The van der Waals surface area contributed by atoms with Crippen LogP contribution in [-0.2, 0) is 17.1 Å². The lowest BCUT2D eigenvalue weighted by Gasteiger charge is -2.42. The van der Waals surface area contributed by atoms with Crippen LogP contribution >= 0.6 is 11.6 Å². The lowest BCUT2D eigenvalue weighted by molar-refractivity contribution is 0.0931. The van der Waals surface area contributed by atoms with Gasteiger partial charge in [0.1, 0.15) is 0 Å². The molecule has 1 aromatic heterocycles. The first-order valence-electron chi connectivity index (χ1n) is 10.1. The second kappa shape index (κ2) is 8.57. The van der Waals surface area contributed by atoms with Crippen molar-refractivity contribution in [3.8, 4) is 0 Å². The average molecular weight is 458 g/mol. The highest BCUT2D eigenvalue weighted by Gasteiger charge is 2.42. The number of sulfonamides is 1. The number of rotatable bonds is 7. The van der Waals surface area contributed by atoms with Crippen LogP contribution in [0.1, 0.15) is 33.8 Å². The highest BCUT2D eigenvalue weighted by Crippen LogP contribution is 2.38. The Morgan fingerprint density at radius 3 is 2.52 bits per heavy atom. The van der Waals surface area contributed by atoms with E-state index in [-0.39, 0.29) is 29.1 Å². The maximum Gasteiger partial charge on any atom is 0.262 e. The van der Waals surface area contributed by atoms with Crippen molar-refractivity contribution >= 4 is 27.4 Å². The molecule has 1 fully saturated rings. The Morgan fingerprint density at radius 2 is 1.90 bits per heavy atom. The molecule has 0 amide bonds. The van der Waals surface area contributed by atoms with E-state index in [0.29, 0.717) is 23.7 Å². The molecule has 0 saturated carbocycles. The van der Waals surface area contributed by atoms with Crippen LogP contribution in [0.15, 0.2) is 66.1 Å². The number of aromatic nitrogens is 2. The number of imidazole rings is 1. The summed E-state index contributed by atoms with van der Waals surface area (Å²) in [7, 11) is -1.89. The molecule has 0 N–H and O–H groups in total. The minimum absolute atomic E-state index is 0.0362. The van der Waals surface area contributed by atoms with Gasteiger partial charge in [0.05, 0.1) is 11.3 Å². The SMILES string of the molecule is Cc1ccc(C(=O)CC(c2ccccc2)C2CN(S(=O)(=O)c3cn(C)cn3)C2)c(Cl)c1. The van der Waals surface area contributed by atoms with Gasteiger partial charge in [-0.1, -0.05) is 48.0 Å². The number of ketones is 1. The van der Waals surface area contributed by atoms with Gasteiger partial charge in [-0.15, -0.1) is 0 Å². The molecule has 0 radical (unpaired) electrons. The molecule has 8 heteroatoms. The van der Waals surface area contributed by atoms with Gasteiger partial charge in [-0.05, 0) is 42.0 Å². The van der Waals surface area contributed by atoms with Gasteiger partial charge in [0.15, 0.2) is 10.8 Å². The Kier molecular flexibility index (Phi) is 6.01. The standard InChI is InChI=1S/C23H24ClN3O3S/c1-16-8-9-19(21(24)10-16)22(28)11-20(17-6-4-3-5-7-17)18-12-27(13-18)31(29,30)23-14-26(2)15-25-23/h3-10,14-15,18,20H,11-13H2,1-2H3. The van der Waals surface area contributed by atoms with Crippen molar-refractivity contribution in [3.05, 3.63) is 82.8 Å². The third-order valence-electron chi connectivity index (χ3n) is 5.79. The van der Waals surface area contributed by atoms with E-state index in [1.807, 2.05) is 43.3 Å². The van der Waals surface area contributed by atoms with Gasteiger partial charge in [-0.25, -0.2) is 13.4 Å². The number of Topliss-reactive ketones (excluding diaryl/α,β-unsaturated/α-hetero) is 1. The number of nitrogens with zero attached hydrogens (tertiary/aromatic N) is 3. The highest BCUT2D eigenvalue weighted by molar-refractivity contribution is 7.89. The summed E-state index contributed by atoms with van der Waals surface area (Å²) in [6, 6.07) is 15.2. The van der Waals surface area contributed by atoms with Crippen molar-refractivity contribution in [3.63, 3.8) is 0 Å². The summed E-state index contributed by atoms with van der Waals surface area (Å²) in [6.45, 7) is 2.64. The van der Waals surface area contributed by atoms with Gasteiger partial charge >= 0.3 is 0 Å². The van der Waals surface area contributed by atoms with Crippen LogP contribution in [-0.4, -0.2) is 41.1 Å². The van der Waals surface area contributed by atoms with E-state index < -0.39 is 10.0 Å². The first-order valence-corrected chi connectivity index (χ1v) is 11.9. The molecular weight excluding hydrogens is 434 g/mol. The lowest BCUT2D eigenvalue weighted by Crippen LogP contribution is -2.52. The fourth-order valence-electron chi connectivity index (χ4n) is 3.99. The van der Waals surface area contributed by atoms with E-state index in [1.165, 1.54) is 16.8 Å². The van der Waals surface area contributed by atoms with Gasteiger partial charge in [0.25, 0.3) is 10.0 Å². The summed E-state index contributed by atoms with van der Waals surface area (Å²) in [5, 5.41) is 0.497. The van der Waals surface area contributed by atoms with E-state index in [1.54, 1.807) is 23.7 Å². The van der Waals surface area contributed by atoms with E-state index in [0.717, 1.165) is 11.1 Å². The number of carbonyl (C=O) groups excluding carboxylic acids is 1. The van der Waals surface area contributed by atoms with Gasteiger partial charge in [0.2, 0.25) is 0 Å². The fourth-order valence-corrected chi connectivity index (χ4v) is 5.85. The van der Waals surface area contributed by atoms with Crippen LogP contribution in [0.4, 0.5) is 0 Å². The highest BCUT2D eigenvalue weighted by atomic mass is 35.5. The molecule has 3 aromatic rings. The second-order valence-electron chi connectivity index (χ2n) is 8.09. The Bertz CT molecular complexity index is 1200. The largest absolute Gasteiger partial charge is 0.339 e. The topological polar surface area (TPSA) is 72.3 Å². The second-order valence-corrected chi connectivity index (χ2v) is 10.4. The molecule has 2 aromatic carbocycles. The van der Waals surface area contributed by atoms with Crippen molar-refractivity contribution in [1.82, 2.24) is 13.9 Å². The predicted octanol–water partition coefficient (Wildman–Crippen LogP) is 4.06. The summed E-state index contributed by atoms with van der Waals surface area (Å²) >= 11 is 6.32. The van der Waals surface area contributed by atoms with Crippen LogP contribution in [0.2, 0.25) is 5.02 Å². The van der Waals surface area contributed by atoms with Gasteiger partial charge < -0.3 is 4.57 Å². The Balaban J connectivity index is 1.54. The molecule has 162 valence electrons. The third-order valence-corrected chi connectivity index (χ3v) is 7.82. The van der Waals surface area contributed by atoms with Crippen LogP contribution < -0.4 is 0 Å². The number of hydrogen-bond acceptors (Lipinski definition) is 4. The summed E-state index contributed by atoms with van der Waals surface area (Å²) in [6.07, 6.45) is 3.25. The molecular formula is C23H24ClN3O3S. The predicted molar refractivity (Wildman–Crippen MR) is 120 cm³/mol. The molecule has 1 unspecified atom stereocenters. The van der Waals surface area contributed by atoms with E-state index in [4.69, 9.17) is 11.6 Å². The van der Waals surface area contributed by atoms with Crippen molar-refractivity contribution < 1.29 is 13.2 Å². The molecule has 0 spiro atoms. The summed E-state index contributed by atoms with van der Waals surface area (Å²) in [4.78, 5) is 17.1. The fraction of sp³-hybridized carbons (Fsp3) is 0.304. The normalized spacial score (nSPS) is 16.1. The quantitative estimate of drug-likeness (QED) is 0.501. The zero-order valence-electron chi connectivity index (χ0n) is 17.4. The van der Waals surface area contributed by atoms with Crippen molar-refractivity contribution in [2.45, 2.75) is 24.3 Å². The number of benzene rings is 2. The Hall–Kier alpha value is -2.48. The minimum atomic E-state index is -3.63. The zero-order valence-corrected chi connectivity index (χ0v) is 19.0. The molecule has 31 heavy (non-hydrogen) atoms. The summed E-state index contributed by atoms with van der Waals surface area (Å²) in [5.41, 5.74) is 2.53. The van der Waals surface area contributed by atoms with Crippen LogP contribution in [0.5, 0.6) is 0 Å².